The molecule has 3 aromatic rings. The number of benzene rings is 2. The zero-order valence-corrected chi connectivity index (χ0v) is 13.9. The van der Waals surface area contributed by atoms with E-state index in [9.17, 15) is 18.4 Å². The van der Waals surface area contributed by atoms with Gasteiger partial charge in [-0.05, 0) is 30.3 Å². The fourth-order valence-corrected chi connectivity index (χ4v) is 2.52. The van der Waals surface area contributed by atoms with Crippen LogP contribution >= 0.6 is 11.6 Å². The average molecular weight is 374 g/mol. The molecule has 0 aliphatic carbocycles. The maximum atomic E-state index is 13.5. The SMILES string of the molecule is N#Cc1c(C(F)(F)F)cc(-c2ccc(Cl)cc2)nc1Nc1ccccc1. The highest BCUT2D eigenvalue weighted by Gasteiger charge is 2.36. The van der Waals surface area contributed by atoms with Gasteiger partial charge in [0.25, 0.3) is 0 Å². The molecule has 1 N–H and O–H groups in total. The predicted molar refractivity (Wildman–Crippen MR) is 94.1 cm³/mol. The van der Waals surface area contributed by atoms with E-state index < -0.39 is 17.3 Å². The number of alkyl halides is 3. The molecule has 0 radical (unpaired) electrons. The number of para-hydroxylation sites is 1. The number of aromatic nitrogens is 1. The molecule has 0 aliphatic rings. The van der Waals surface area contributed by atoms with E-state index in [0.717, 1.165) is 6.07 Å². The van der Waals surface area contributed by atoms with Crippen LogP contribution in [0.2, 0.25) is 5.02 Å². The van der Waals surface area contributed by atoms with E-state index in [1.54, 1.807) is 60.7 Å². The van der Waals surface area contributed by atoms with Gasteiger partial charge in [0, 0.05) is 16.3 Å². The van der Waals surface area contributed by atoms with Crippen LogP contribution in [0, 0.1) is 11.3 Å². The van der Waals surface area contributed by atoms with Gasteiger partial charge in [-0.2, -0.15) is 18.4 Å². The van der Waals surface area contributed by atoms with Gasteiger partial charge < -0.3 is 5.32 Å². The number of nitrogens with one attached hydrogen (secondary N) is 1. The first-order valence-electron chi connectivity index (χ1n) is 7.49. The third-order valence-electron chi connectivity index (χ3n) is 3.61. The molecule has 0 spiro atoms. The van der Waals surface area contributed by atoms with Gasteiger partial charge in [0.1, 0.15) is 17.5 Å². The van der Waals surface area contributed by atoms with Crippen molar-refractivity contribution in [1.82, 2.24) is 4.98 Å². The Morgan fingerprint density at radius 1 is 1.00 bits per heavy atom. The van der Waals surface area contributed by atoms with Crippen molar-refractivity contribution in [1.29, 1.82) is 5.26 Å². The molecular formula is C19H11ClF3N3. The van der Waals surface area contributed by atoms with E-state index in [0.29, 0.717) is 16.3 Å². The topological polar surface area (TPSA) is 48.7 Å². The summed E-state index contributed by atoms with van der Waals surface area (Å²) >= 11 is 5.83. The Morgan fingerprint density at radius 2 is 1.65 bits per heavy atom. The summed E-state index contributed by atoms with van der Waals surface area (Å²) in [6, 6.07) is 17.3. The summed E-state index contributed by atoms with van der Waals surface area (Å²) in [5.74, 6) is -0.154. The van der Waals surface area contributed by atoms with Crippen molar-refractivity contribution in [3.05, 3.63) is 76.8 Å². The maximum Gasteiger partial charge on any atom is 0.417 e. The largest absolute Gasteiger partial charge is 0.417 e. The molecule has 1 heterocycles. The Morgan fingerprint density at radius 3 is 2.23 bits per heavy atom. The normalized spacial score (nSPS) is 11.0. The third-order valence-corrected chi connectivity index (χ3v) is 3.87. The second-order valence-corrected chi connectivity index (χ2v) is 5.82. The first-order valence-corrected chi connectivity index (χ1v) is 7.86. The molecule has 3 rings (SSSR count). The third kappa shape index (κ3) is 3.79. The van der Waals surface area contributed by atoms with Crippen molar-refractivity contribution < 1.29 is 13.2 Å². The van der Waals surface area contributed by atoms with Crippen molar-refractivity contribution in [2.45, 2.75) is 6.18 Å². The monoisotopic (exact) mass is 373 g/mol. The maximum absolute atomic E-state index is 13.5. The van der Waals surface area contributed by atoms with Gasteiger partial charge in [-0.25, -0.2) is 4.98 Å². The van der Waals surface area contributed by atoms with Crippen LogP contribution in [0.3, 0.4) is 0 Å². The van der Waals surface area contributed by atoms with Crippen LogP contribution in [0.25, 0.3) is 11.3 Å². The summed E-state index contributed by atoms with van der Waals surface area (Å²) in [7, 11) is 0. The minimum Gasteiger partial charge on any atom is -0.339 e. The lowest BCUT2D eigenvalue weighted by molar-refractivity contribution is -0.137. The summed E-state index contributed by atoms with van der Waals surface area (Å²) in [6.07, 6.45) is -4.69. The quantitative estimate of drug-likeness (QED) is 0.609. The molecule has 1 aromatic heterocycles. The van der Waals surface area contributed by atoms with Crippen LogP contribution in [0.4, 0.5) is 24.7 Å². The van der Waals surface area contributed by atoms with Crippen LogP contribution in [0.5, 0.6) is 0 Å². The number of hydrogen-bond acceptors (Lipinski definition) is 3. The minimum absolute atomic E-state index is 0.0893. The summed E-state index contributed by atoms with van der Waals surface area (Å²) in [4.78, 5) is 4.24. The number of nitrogens with zero attached hydrogens (tertiary/aromatic N) is 2. The zero-order valence-electron chi connectivity index (χ0n) is 13.2. The van der Waals surface area contributed by atoms with Crippen molar-refractivity contribution >= 4 is 23.1 Å². The van der Waals surface area contributed by atoms with E-state index in [-0.39, 0.29) is 11.5 Å². The standard InChI is InChI=1S/C19H11ClF3N3/c20-13-8-6-12(7-9-13)17-10-16(19(21,22)23)15(11-24)18(26-17)25-14-4-2-1-3-5-14/h1-10H,(H,25,26). The highest BCUT2D eigenvalue weighted by atomic mass is 35.5. The molecule has 3 nitrogen and oxygen atoms in total. The van der Waals surface area contributed by atoms with Gasteiger partial charge in [0.05, 0.1) is 11.3 Å². The molecule has 0 aliphatic heterocycles. The molecule has 7 heteroatoms. The second-order valence-electron chi connectivity index (χ2n) is 5.39. The van der Waals surface area contributed by atoms with E-state index in [1.165, 1.54) is 0 Å². The molecule has 0 amide bonds. The molecule has 26 heavy (non-hydrogen) atoms. The zero-order chi connectivity index (χ0) is 18.7. The number of pyridine rings is 1. The molecule has 2 aromatic carbocycles. The highest BCUT2D eigenvalue weighted by Crippen LogP contribution is 2.37. The van der Waals surface area contributed by atoms with Crippen molar-refractivity contribution in [3.63, 3.8) is 0 Å². The molecule has 0 fully saturated rings. The summed E-state index contributed by atoms with van der Waals surface area (Å²) in [5.41, 5.74) is -0.526. The Bertz CT molecular complexity index is 962. The molecule has 130 valence electrons. The summed E-state index contributed by atoms with van der Waals surface area (Å²) in [5, 5.41) is 12.5. The smallest absolute Gasteiger partial charge is 0.339 e. The van der Waals surface area contributed by atoms with Crippen LogP contribution in [0.15, 0.2) is 60.7 Å². The first-order chi connectivity index (χ1) is 12.4. The van der Waals surface area contributed by atoms with Crippen LogP contribution in [0.1, 0.15) is 11.1 Å². The number of rotatable bonds is 3. The van der Waals surface area contributed by atoms with Crippen molar-refractivity contribution in [3.8, 4) is 17.3 Å². The van der Waals surface area contributed by atoms with Gasteiger partial charge in [0.15, 0.2) is 0 Å². The van der Waals surface area contributed by atoms with Gasteiger partial charge in [-0.15, -0.1) is 0 Å². The minimum atomic E-state index is -4.69. The Kier molecular flexibility index (Phi) is 4.83. The highest BCUT2D eigenvalue weighted by molar-refractivity contribution is 6.30. The predicted octanol–water partition coefficient (Wildman–Crippen LogP) is 6.04. The van der Waals surface area contributed by atoms with Gasteiger partial charge in [0.2, 0.25) is 0 Å². The van der Waals surface area contributed by atoms with Gasteiger partial charge in [-0.1, -0.05) is 41.9 Å². The molecule has 0 saturated heterocycles. The molecule has 0 saturated carbocycles. The van der Waals surface area contributed by atoms with Gasteiger partial charge >= 0.3 is 6.18 Å². The lowest BCUT2D eigenvalue weighted by Crippen LogP contribution is -2.11. The van der Waals surface area contributed by atoms with Crippen LogP contribution in [-0.4, -0.2) is 4.98 Å². The number of halogens is 4. The Labute approximate surface area is 152 Å². The van der Waals surface area contributed by atoms with Crippen LogP contribution in [-0.2, 0) is 6.18 Å². The average Bonchev–Trinajstić information content (AvgIpc) is 2.62. The Hall–Kier alpha value is -3.04. The van der Waals surface area contributed by atoms with E-state index in [4.69, 9.17) is 11.6 Å². The number of nitriles is 1. The van der Waals surface area contributed by atoms with E-state index in [2.05, 4.69) is 10.3 Å². The number of hydrogen-bond donors (Lipinski definition) is 1. The molecule has 0 bridgehead atoms. The lowest BCUT2D eigenvalue weighted by atomic mass is 10.0. The van der Waals surface area contributed by atoms with E-state index >= 15 is 0 Å². The molecular weight excluding hydrogens is 363 g/mol. The first kappa shape index (κ1) is 17.8. The van der Waals surface area contributed by atoms with Crippen molar-refractivity contribution in [2.75, 3.05) is 5.32 Å². The number of anilines is 2. The molecule has 0 unspecified atom stereocenters. The fraction of sp³-hybridized carbons (Fsp3) is 0.0526. The summed E-state index contributed by atoms with van der Waals surface area (Å²) < 4.78 is 40.5. The second kappa shape index (κ2) is 7.06. The fourth-order valence-electron chi connectivity index (χ4n) is 2.40. The van der Waals surface area contributed by atoms with Crippen molar-refractivity contribution in [2.24, 2.45) is 0 Å². The van der Waals surface area contributed by atoms with E-state index in [1.807, 2.05) is 0 Å². The summed E-state index contributed by atoms with van der Waals surface area (Å²) in [6.45, 7) is 0. The molecule has 0 atom stereocenters. The van der Waals surface area contributed by atoms with Crippen LogP contribution < -0.4 is 5.32 Å². The van der Waals surface area contributed by atoms with Gasteiger partial charge in [-0.3, -0.25) is 0 Å². The Balaban J connectivity index is 2.19. The lowest BCUT2D eigenvalue weighted by Gasteiger charge is -2.15.